The third kappa shape index (κ3) is 5.10. The van der Waals surface area contributed by atoms with Gasteiger partial charge >= 0.3 is 6.09 Å². The first kappa shape index (κ1) is 24.2. The van der Waals surface area contributed by atoms with Crippen molar-refractivity contribution in [1.82, 2.24) is 15.3 Å². The zero-order chi connectivity index (χ0) is 24.2. The van der Waals surface area contributed by atoms with E-state index in [1.807, 2.05) is 42.5 Å². The van der Waals surface area contributed by atoms with Crippen molar-refractivity contribution in [3.05, 3.63) is 48.0 Å². The van der Waals surface area contributed by atoms with Crippen molar-refractivity contribution >= 4 is 17.9 Å². The van der Waals surface area contributed by atoms with Crippen LogP contribution in [0.15, 0.2) is 42.5 Å². The van der Waals surface area contributed by atoms with Gasteiger partial charge in [-0.2, -0.15) is 0 Å². The summed E-state index contributed by atoms with van der Waals surface area (Å²) in [6.45, 7) is 2.14. The van der Waals surface area contributed by atoms with Crippen LogP contribution in [0.2, 0.25) is 0 Å². The summed E-state index contributed by atoms with van der Waals surface area (Å²) in [6, 6.07) is 8.16. The molecule has 0 aromatic heterocycles. The van der Waals surface area contributed by atoms with Crippen LogP contribution in [0.5, 0.6) is 0 Å². The molecule has 34 heavy (non-hydrogen) atoms. The Kier molecular flexibility index (Phi) is 7.53. The van der Waals surface area contributed by atoms with E-state index in [0.717, 1.165) is 24.8 Å². The van der Waals surface area contributed by atoms with Gasteiger partial charge in [-0.3, -0.25) is 14.4 Å². The Morgan fingerprint density at radius 2 is 1.94 bits per heavy atom. The van der Waals surface area contributed by atoms with E-state index < -0.39 is 30.2 Å². The second kappa shape index (κ2) is 10.6. The number of methoxy groups -OCH3 is 1. The molecule has 9 nitrogen and oxygen atoms in total. The number of carbonyl (C=O) groups excluding carboxylic acids is 2. The van der Waals surface area contributed by atoms with Gasteiger partial charge in [-0.25, -0.2) is 9.86 Å². The molecule has 4 aliphatic rings. The Bertz CT molecular complexity index is 922. The monoisotopic (exact) mass is 471 g/mol. The van der Waals surface area contributed by atoms with Crippen molar-refractivity contribution in [2.75, 3.05) is 13.7 Å². The van der Waals surface area contributed by atoms with E-state index in [-0.39, 0.29) is 24.0 Å². The largest absolute Gasteiger partial charge is 0.465 e. The zero-order valence-electron chi connectivity index (χ0n) is 19.6. The Labute approximate surface area is 199 Å². The highest BCUT2D eigenvalue weighted by Gasteiger charge is 2.42. The van der Waals surface area contributed by atoms with Gasteiger partial charge in [-0.15, -0.1) is 0 Å². The summed E-state index contributed by atoms with van der Waals surface area (Å²) >= 11 is 0. The molecule has 2 bridgehead atoms. The molecule has 3 amide bonds. The Morgan fingerprint density at radius 1 is 1.18 bits per heavy atom. The van der Waals surface area contributed by atoms with E-state index >= 15 is 0 Å². The number of nitrogens with one attached hydrogen (secondary N) is 1. The van der Waals surface area contributed by atoms with Gasteiger partial charge in [-0.1, -0.05) is 49.4 Å². The number of carboxylic acid groups (broad SMARTS) is 1. The first-order chi connectivity index (χ1) is 16.4. The van der Waals surface area contributed by atoms with Crippen molar-refractivity contribution in [3.8, 4) is 0 Å². The molecule has 2 unspecified atom stereocenters. The maximum Gasteiger partial charge on any atom is 0.407 e. The summed E-state index contributed by atoms with van der Waals surface area (Å²) in [7, 11) is 1.49. The summed E-state index contributed by atoms with van der Waals surface area (Å²) < 4.78 is 5.62. The normalized spacial score (nSPS) is 26.2. The number of carbonyl (C=O) groups is 3. The topological polar surface area (TPSA) is 108 Å². The lowest BCUT2D eigenvalue weighted by atomic mass is 9.94. The highest BCUT2D eigenvalue weighted by molar-refractivity contribution is 5.89. The number of amides is 3. The average Bonchev–Trinajstić information content (AvgIpc) is 3.35. The SMILES string of the molecule is CO[C@H]([C@@H](C)C(=O)N[C@@H](Cc1ccccc1)C(=O)N1OC2C=CC1CC2)[C@@H]1CCCN1C(=O)O. The smallest absolute Gasteiger partial charge is 0.407 e. The van der Waals surface area contributed by atoms with E-state index in [0.29, 0.717) is 19.4 Å². The van der Waals surface area contributed by atoms with Crippen LogP contribution in [0.3, 0.4) is 0 Å². The van der Waals surface area contributed by atoms with Crippen molar-refractivity contribution < 1.29 is 29.1 Å². The first-order valence-corrected chi connectivity index (χ1v) is 11.9. The molecule has 3 heterocycles. The summed E-state index contributed by atoms with van der Waals surface area (Å²) in [5, 5.41) is 13.9. The molecule has 6 atom stereocenters. The predicted octanol–water partition coefficient (Wildman–Crippen LogP) is 2.37. The van der Waals surface area contributed by atoms with Crippen LogP contribution in [0, 0.1) is 5.92 Å². The molecular formula is C25H33N3O6. The second-order valence-electron chi connectivity index (χ2n) is 9.26. The minimum Gasteiger partial charge on any atom is -0.465 e. The maximum absolute atomic E-state index is 13.5. The number of fused-ring (bicyclic) bond motifs is 2. The van der Waals surface area contributed by atoms with Gasteiger partial charge in [0.2, 0.25) is 5.91 Å². The lowest BCUT2D eigenvalue weighted by Crippen LogP contribution is -2.58. The molecule has 184 valence electrons. The number of likely N-dealkylation sites (tertiary alicyclic amines) is 1. The van der Waals surface area contributed by atoms with Crippen molar-refractivity contribution in [2.24, 2.45) is 5.92 Å². The minimum atomic E-state index is -1.01. The number of benzene rings is 1. The number of nitrogens with zero attached hydrogens (tertiary/aromatic N) is 2. The van der Waals surface area contributed by atoms with Crippen molar-refractivity contribution in [3.63, 3.8) is 0 Å². The quantitative estimate of drug-likeness (QED) is 0.564. The van der Waals surface area contributed by atoms with Gasteiger partial charge in [0.1, 0.15) is 12.1 Å². The highest BCUT2D eigenvalue weighted by Crippen LogP contribution is 2.29. The third-order valence-corrected chi connectivity index (χ3v) is 7.06. The van der Waals surface area contributed by atoms with E-state index in [4.69, 9.17) is 9.57 Å². The highest BCUT2D eigenvalue weighted by atomic mass is 16.7. The van der Waals surface area contributed by atoms with Gasteiger partial charge in [0.25, 0.3) is 5.91 Å². The Morgan fingerprint density at radius 3 is 2.53 bits per heavy atom. The van der Waals surface area contributed by atoms with Crippen LogP contribution in [0.4, 0.5) is 4.79 Å². The van der Waals surface area contributed by atoms with Crippen LogP contribution < -0.4 is 5.32 Å². The standard InChI is InChI=1S/C25H33N3O6/c1-16(22(33-2)21-9-6-14-27(21)25(31)32)23(29)26-20(15-17-7-4-3-5-8-17)24(30)28-18-10-12-19(34-28)13-11-18/h3-5,7-8,10,12,16,18-22H,6,9,11,13-15H2,1-2H3,(H,26,29)(H,31,32)/t16-,18?,19?,20+,21+,22-/m1/s1. The van der Waals surface area contributed by atoms with Crippen molar-refractivity contribution in [1.29, 1.82) is 0 Å². The first-order valence-electron chi connectivity index (χ1n) is 11.9. The van der Waals surface area contributed by atoms with Crippen LogP contribution in [-0.2, 0) is 25.6 Å². The molecule has 1 aliphatic carbocycles. The molecule has 2 fully saturated rings. The molecule has 2 saturated heterocycles. The molecule has 5 rings (SSSR count). The summed E-state index contributed by atoms with van der Waals surface area (Å²) in [4.78, 5) is 45.7. The molecule has 0 saturated carbocycles. The van der Waals surface area contributed by atoms with Gasteiger partial charge in [0, 0.05) is 20.1 Å². The van der Waals surface area contributed by atoms with E-state index in [9.17, 15) is 19.5 Å². The van der Waals surface area contributed by atoms with Gasteiger partial charge < -0.3 is 20.1 Å². The maximum atomic E-state index is 13.5. The molecular weight excluding hydrogens is 438 g/mol. The number of hydrogen-bond acceptors (Lipinski definition) is 5. The minimum absolute atomic E-state index is 0.122. The number of hydroxylamine groups is 2. The third-order valence-electron chi connectivity index (χ3n) is 7.06. The number of hydrogen-bond donors (Lipinski definition) is 2. The summed E-state index contributed by atoms with van der Waals surface area (Å²) in [5.74, 6) is -1.29. The molecule has 1 aromatic carbocycles. The molecule has 9 heteroatoms. The van der Waals surface area contributed by atoms with Gasteiger partial charge in [0.05, 0.1) is 24.1 Å². The van der Waals surface area contributed by atoms with Crippen LogP contribution in [-0.4, -0.2) is 77.0 Å². The lowest BCUT2D eigenvalue weighted by molar-refractivity contribution is -0.232. The zero-order valence-corrected chi connectivity index (χ0v) is 19.6. The predicted molar refractivity (Wildman–Crippen MR) is 124 cm³/mol. The van der Waals surface area contributed by atoms with E-state index in [2.05, 4.69) is 5.32 Å². The second-order valence-corrected chi connectivity index (χ2v) is 9.26. The fourth-order valence-electron chi connectivity index (χ4n) is 5.22. The number of ether oxygens (including phenoxy) is 1. The van der Waals surface area contributed by atoms with Crippen LogP contribution in [0.1, 0.15) is 38.2 Å². The molecule has 0 radical (unpaired) electrons. The van der Waals surface area contributed by atoms with Crippen LogP contribution >= 0.6 is 0 Å². The molecule has 0 spiro atoms. The Hall–Kier alpha value is -2.91. The summed E-state index contributed by atoms with van der Waals surface area (Å²) in [5.41, 5.74) is 0.919. The number of rotatable bonds is 8. The molecule has 3 aliphatic heterocycles. The van der Waals surface area contributed by atoms with Crippen molar-refractivity contribution in [2.45, 2.75) is 69.4 Å². The summed E-state index contributed by atoms with van der Waals surface area (Å²) in [6.07, 6.45) is 5.59. The van der Waals surface area contributed by atoms with Gasteiger partial charge in [0.15, 0.2) is 0 Å². The van der Waals surface area contributed by atoms with Crippen LogP contribution in [0.25, 0.3) is 0 Å². The fraction of sp³-hybridized carbons (Fsp3) is 0.560. The van der Waals surface area contributed by atoms with Gasteiger partial charge in [-0.05, 0) is 31.2 Å². The molecule has 1 aromatic rings. The lowest BCUT2D eigenvalue weighted by Gasteiger charge is -2.41. The van der Waals surface area contributed by atoms with E-state index in [1.165, 1.54) is 17.1 Å². The fourth-order valence-corrected chi connectivity index (χ4v) is 5.22. The molecule has 2 N–H and O–H groups in total. The average molecular weight is 472 g/mol. The Balaban J connectivity index is 1.50. The van der Waals surface area contributed by atoms with E-state index in [1.54, 1.807) is 6.92 Å².